The molecule has 1 fully saturated rings. The van der Waals surface area contributed by atoms with Crippen LogP contribution in [0.25, 0.3) is 0 Å². The lowest BCUT2D eigenvalue weighted by Gasteiger charge is -2.30. The molecule has 23 heavy (non-hydrogen) atoms. The van der Waals surface area contributed by atoms with Gasteiger partial charge in [-0.05, 0) is 31.2 Å². The Kier molecular flexibility index (Phi) is 6.66. The summed E-state index contributed by atoms with van der Waals surface area (Å²) in [4.78, 5) is 25.2. The number of amides is 1. The van der Waals surface area contributed by atoms with Gasteiger partial charge in [-0.15, -0.1) is 0 Å². The van der Waals surface area contributed by atoms with Gasteiger partial charge in [-0.1, -0.05) is 36.4 Å². The maximum absolute atomic E-state index is 12.1. The van der Waals surface area contributed by atoms with Crippen LogP contribution in [0, 0.1) is 5.92 Å². The standard InChI is InChI=1S/C18H23NO4/c1-2-22-17(20)11-10-15-9-6-12-19(13-15)18(21)23-14-16-7-4-3-5-8-16/h3-5,7-8,10-11,15H,2,6,9,12-14H2,1H3/b11-10+/t15-/m0/s1. The van der Waals surface area contributed by atoms with Crippen molar-refractivity contribution in [3.05, 3.63) is 48.0 Å². The van der Waals surface area contributed by atoms with Crippen molar-refractivity contribution in [1.29, 1.82) is 0 Å². The third-order valence-corrected chi connectivity index (χ3v) is 3.71. The molecule has 0 N–H and O–H groups in total. The Bertz CT molecular complexity index is 541. The van der Waals surface area contributed by atoms with Crippen molar-refractivity contribution in [2.24, 2.45) is 5.92 Å². The molecule has 0 aliphatic carbocycles. The van der Waals surface area contributed by atoms with E-state index in [4.69, 9.17) is 9.47 Å². The van der Waals surface area contributed by atoms with Crippen LogP contribution >= 0.6 is 0 Å². The van der Waals surface area contributed by atoms with E-state index in [-0.39, 0.29) is 24.6 Å². The van der Waals surface area contributed by atoms with Crippen LogP contribution in [-0.2, 0) is 20.9 Å². The summed E-state index contributed by atoms with van der Waals surface area (Å²) in [5, 5.41) is 0. The topological polar surface area (TPSA) is 55.8 Å². The van der Waals surface area contributed by atoms with E-state index in [1.54, 1.807) is 11.8 Å². The average Bonchev–Trinajstić information content (AvgIpc) is 2.59. The van der Waals surface area contributed by atoms with Crippen LogP contribution in [0.4, 0.5) is 4.79 Å². The van der Waals surface area contributed by atoms with Crippen molar-refractivity contribution in [2.75, 3.05) is 19.7 Å². The number of hydrogen-bond donors (Lipinski definition) is 0. The lowest BCUT2D eigenvalue weighted by molar-refractivity contribution is -0.137. The molecule has 2 rings (SSSR count). The summed E-state index contributed by atoms with van der Waals surface area (Å²) in [6, 6.07) is 9.61. The quantitative estimate of drug-likeness (QED) is 0.618. The fourth-order valence-electron chi connectivity index (χ4n) is 2.55. The number of rotatable bonds is 5. The SMILES string of the molecule is CCOC(=O)/C=C/[C@@H]1CCCN(C(=O)OCc2ccccc2)C1. The van der Waals surface area contributed by atoms with Crippen LogP contribution < -0.4 is 0 Å². The molecule has 1 heterocycles. The van der Waals surface area contributed by atoms with Crippen molar-refractivity contribution >= 4 is 12.1 Å². The van der Waals surface area contributed by atoms with Crippen molar-refractivity contribution in [2.45, 2.75) is 26.4 Å². The molecule has 0 unspecified atom stereocenters. The van der Waals surface area contributed by atoms with Gasteiger partial charge in [0.05, 0.1) is 6.61 Å². The van der Waals surface area contributed by atoms with Gasteiger partial charge < -0.3 is 14.4 Å². The van der Waals surface area contributed by atoms with E-state index < -0.39 is 0 Å². The highest BCUT2D eigenvalue weighted by molar-refractivity contribution is 5.81. The first-order valence-electron chi connectivity index (χ1n) is 7.99. The molecule has 1 aliphatic heterocycles. The predicted molar refractivity (Wildman–Crippen MR) is 86.7 cm³/mol. The van der Waals surface area contributed by atoms with E-state index in [0.717, 1.165) is 18.4 Å². The highest BCUT2D eigenvalue weighted by Crippen LogP contribution is 2.18. The lowest BCUT2D eigenvalue weighted by atomic mass is 9.98. The van der Waals surface area contributed by atoms with Gasteiger partial charge in [-0.2, -0.15) is 0 Å². The molecule has 1 saturated heterocycles. The second kappa shape index (κ2) is 8.98. The van der Waals surface area contributed by atoms with E-state index in [1.807, 2.05) is 36.4 Å². The Balaban J connectivity index is 1.80. The first kappa shape index (κ1) is 17.1. The van der Waals surface area contributed by atoms with Crippen LogP contribution in [-0.4, -0.2) is 36.7 Å². The molecule has 1 aliphatic rings. The van der Waals surface area contributed by atoms with E-state index in [2.05, 4.69) is 0 Å². The summed E-state index contributed by atoms with van der Waals surface area (Å²) in [5.41, 5.74) is 0.969. The normalized spacial score (nSPS) is 18.0. The molecule has 0 saturated carbocycles. The highest BCUT2D eigenvalue weighted by atomic mass is 16.6. The van der Waals surface area contributed by atoms with Crippen LogP contribution in [0.3, 0.4) is 0 Å². The largest absolute Gasteiger partial charge is 0.463 e. The summed E-state index contributed by atoms with van der Waals surface area (Å²) in [7, 11) is 0. The van der Waals surface area contributed by atoms with Crippen LogP contribution in [0.1, 0.15) is 25.3 Å². The van der Waals surface area contributed by atoms with Crippen LogP contribution in [0.2, 0.25) is 0 Å². The Morgan fingerprint density at radius 2 is 2.04 bits per heavy atom. The number of likely N-dealkylation sites (tertiary alicyclic amines) is 1. The number of benzene rings is 1. The number of esters is 1. The number of carbonyl (C=O) groups is 2. The Morgan fingerprint density at radius 1 is 1.26 bits per heavy atom. The van der Waals surface area contributed by atoms with Crippen LogP contribution in [0.15, 0.2) is 42.5 Å². The molecular weight excluding hydrogens is 294 g/mol. The molecule has 1 aromatic carbocycles. The number of piperidine rings is 1. The first-order valence-corrected chi connectivity index (χ1v) is 7.99. The zero-order chi connectivity index (χ0) is 16.5. The van der Waals surface area contributed by atoms with Gasteiger partial charge in [0.2, 0.25) is 0 Å². The molecule has 1 aromatic rings. The van der Waals surface area contributed by atoms with E-state index >= 15 is 0 Å². The Morgan fingerprint density at radius 3 is 2.78 bits per heavy atom. The second-order valence-electron chi connectivity index (χ2n) is 5.50. The number of carbonyl (C=O) groups excluding carboxylic acids is 2. The van der Waals surface area contributed by atoms with E-state index in [0.29, 0.717) is 19.7 Å². The van der Waals surface area contributed by atoms with Crippen molar-refractivity contribution in [3.8, 4) is 0 Å². The lowest BCUT2D eigenvalue weighted by Crippen LogP contribution is -2.39. The van der Waals surface area contributed by atoms with Crippen molar-refractivity contribution < 1.29 is 19.1 Å². The van der Waals surface area contributed by atoms with Gasteiger partial charge in [0.25, 0.3) is 0 Å². The summed E-state index contributed by atoms with van der Waals surface area (Å²) in [6.45, 7) is 3.68. The Labute approximate surface area is 136 Å². The third-order valence-electron chi connectivity index (χ3n) is 3.71. The maximum atomic E-state index is 12.1. The molecule has 0 spiro atoms. The van der Waals surface area contributed by atoms with Gasteiger partial charge >= 0.3 is 12.1 Å². The number of nitrogens with zero attached hydrogens (tertiary/aromatic N) is 1. The van der Waals surface area contributed by atoms with Gasteiger partial charge in [0.15, 0.2) is 0 Å². The average molecular weight is 317 g/mol. The molecule has 0 radical (unpaired) electrons. The fourth-order valence-corrected chi connectivity index (χ4v) is 2.55. The van der Waals surface area contributed by atoms with E-state index in [9.17, 15) is 9.59 Å². The molecule has 0 aromatic heterocycles. The monoisotopic (exact) mass is 317 g/mol. The number of ether oxygens (including phenoxy) is 2. The smallest absolute Gasteiger partial charge is 0.410 e. The number of hydrogen-bond acceptors (Lipinski definition) is 4. The summed E-state index contributed by atoms with van der Waals surface area (Å²) in [5.74, 6) is -0.172. The van der Waals surface area contributed by atoms with Crippen molar-refractivity contribution in [1.82, 2.24) is 4.90 Å². The molecule has 1 atom stereocenters. The minimum absolute atomic E-state index is 0.164. The van der Waals surface area contributed by atoms with Crippen molar-refractivity contribution in [3.63, 3.8) is 0 Å². The minimum atomic E-state index is -0.337. The minimum Gasteiger partial charge on any atom is -0.463 e. The third kappa shape index (κ3) is 5.77. The summed E-state index contributed by atoms with van der Waals surface area (Å²) < 4.78 is 10.2. The second-order valence-corrected chi connectivity index (χ2v) is 5.50. The maximum Gasteiger partial charge on any atom is 0.410 e. The van der Waals surface area contributed by atoms with Gasteiger partial charge in [0.1, 0.15) is 6.61 Å². The zero-order valence-electron chi connectivity index (χ0n) is 13.4. The van der Waals surface area contributed by atoms with Gasteiger partial charge in [-0.25, -0.2) is 9.59 Å². The zero-order valence-corrected chi connectivity index (χ0v) is 13.4. The first-order chi connectivity index (χ1) is 11.2. The molecular formula is C18H23NO4. The molecule has 124 valence electrons. The summed E-state index contributed by atoms with van der Waals surface area (Å²) in [6.07, 6.45) is 4.83. The fraction of sp³-hybridized carbons (Fsp3) is 0.444. The highest BCUT2D eigenvalue weighted by Gasteiger charge is 2.23. The van der Waals surface area contributed by atoms with Gasteiger partial charge in [-0.3, -0.25) is 0 Å². The molecule has 1 amide bonds. The van der Waals surface area contributed by atoms with Gasteiger partial charge in [0, 0.05) is 19.2 Å². The predicted octanol–water partition coefficient (Wildman–Crippen LogP) is 3.15. The molecule has 5 heteroatoms. The Hall–Kier alpha value is -2.30. The van der Waals surface area contributed by atoms with E-state index in [1.165, 1.54) is 6.08 Å². The molecule has 0 bridgehead atoms. The van der Waals surface area contributed by atoms with Crippen LogP contribution in [0.5, 0.6) is 0 Å². The molecule has 5 nitrogen and oxygen atoms in total. The summed E-state index contributed by atoms with van der Waals surface area (Å²) >= 11 is 0.